The van der Waals surface area contributed by atoms with Crippen LogP contribution in [0.15, 0.2) is 78.9 Å². The van der Waals surface area contributed by atoms with Gasteiger partial charge in [-0.3, -0.25) is 9.69 Å². The van der Waals surface area contributed by atoms with E-state index in [4.69, 9.17) is 16.3 Å². The molecule has 0 saturated heterocycles. The van der Waals surface area contributed by atoms with Crippen molar-refractivity contribution >= 4 is 34.9 Å². The highest BCUT2D eigenvalue weighted by atomic mass is 35.5. The number of ether oxygens (including phenoxy) is 1. The number of nitrogens with one attached hydrogen (secondary N) is 2. The first kappa shape index (κ1) is 24.1. The zero-order valence-corrected chi connectivity index (χ0v) is 18.9. The molecule has 3 aromatic rings. The lowest BCUT2D eigenvalue weighted by Crippen LogP contribution is -2.41. The highest BCUT2D eigenvalue weighted by Crippen LogP contribution is 2.21. The third-order valence-electron chi connectivity index (χ3n) is 4.76. The van der Waals surface area contributed by atoms with Crippen molar-refractivity contribution in [3.05, 3.63) is 90.2 Å². The summed E-state index contributed by atoms with van der Waals surface area (Å²) >= 11 is 6.25. The van der Waals surface area contributed by atoms with Crippen LogP contribution in [0.25, 0.3) is 0 Å². The van der Waals surface area contributed by atoms with Gasteiger partial charge in [-0.15, -0.1) is 11.6 Å². The fourth-order valence-corrected chi connectivity index (χ4v) is 3.34. The van der Waals surface area contributed by atoms with Crippen molar-refractivity contribution in [1.29, 1.82) is 0 Å². The second-order valence-corrected chi connectivity index (χ2v) is 7.52. The number of amides is 3. The summed E-state index contributed by atoms with van der Waals surface area (Å²) in [5, 5.41) is 4.72. The van der Waals surface area contributed by atoms with Gasteiger partial charge in [0.2, 0.25) is 5.91 Å². The van der Waals surface area contributed by atoms with Gasteiger partial charge in [-0.2, -0.15) is 0 Å². The number of rotatable bonds is 9. The molecule has 1 atom stereocenters. The Balaban J connectivity index is 1.65. The maximum Gasteiger partial charge on any atom is 0.326 e. The number of urea groups is 1. The van der Waals surface area contributed by atoms with Crippen LogP contribution >= 0.6 is 11.6 Å². The summed E-state index contributed by atoms with van der Waals surface area (Å²) in [6.45, 7) is 2.74. The molecule has 0 bridgehead atoms. The number of carbonyl (C=O) groups is 2. The van der Waals surface area contributed by atoms with Gasteiger partial charge in [0, 0.05) is 24.5 Å². The molecule has 1 unspecified atom stereocenters. The molecule has 0 spiro atoms. The first-order chi connectivity index (χ1) is 16.0. The Labute approximate surface area is 197 Å². The largest absolute Gasteiger partial charge is 0.494 e. The van der Waals surface area contributed by atoms with Crippen LogP contribution in [0.3, 0.4) is 0 Å². The van der Waals surface area contributed by atoms with E-state index in [2.05, 4.69) is 10.6 Å². The van der Waals surface area contributed by atoms with Crippen molar-refractivity contribution in [2.75, 3.05) is 29.9 Å². The molecule has 33 heavy (non-hydrogen) atoms. The molecule has 8 heteroatoms. The van der Waals surface area contributed by atoms with Crippen LogP contribution in [0.5, 0.6) is 5.75 Å². The Bertz CT molecular complexity index is 1050. The minimum atomic E-state index is -0.844. The van der Waals surface area contributed by atoms with Gasteiger partial charge in [0.05, 0.1) is 6.61 Å². The number of hydrogen-bond acceptors (Lipinski definition) is 3. The fourth-order valence-electron chi connectivity index (χ4n) is 3.11. The number of carbonyl (C=O) groups excluding carboxylic acids is 2. The summed E-state index contributed by atoms with van der Waals surface area (Å²) in [7, 11) is 0. The lowest BCUT2D eigenvalue weighted by molar-refractivity contribution is -0.120. The van der Waals surface area contributed by atoms with Crippen molar-refractivity contribution < 1.29 is 18.7 Å². The Morgan fingerprint density at radius 2 is 1.67 bits per heavy atom. The van der Waals surface area contributed by atoms with Crippen LogP contribution in [-0.2, 0) is 4.79 Å². The van der Waals surface area contributed by atoms with Gasteiger partial charge in [0.25, 0.3) is 0 Å². The van der Waals surface area contributed by atoms with Crippen molar-refractivity contribution in [1.82, 2.24) is 5.32 Å². The van der Waals surface area contributed by atoms with Gasteiger partial charge < -0.3 is 15.4 Å². The molecule has 6 nitrogen and oxygen atoms in total. The van der Waals surface area contributed by atoms with Crippen LogP contribution in [0.1, 0.15) is 17.9 Å². The van der Waals surface area contributed by atoms with Gasteiger partial charge in [-0.25, -0.2) is 9.18 Å². The monoisotopic (exact) mass is 469 g/mol. The molecule has 2 N–H and O–H groups in total. The van der Waals surface area contributed by atoms with E-state index in [9.17, 15) is 14.0 Å². The highest BCUT2D eigenvalue weighted by molar-refractivity contribution is 6.30. The fraction of sp³-hybridized carbons (Fsp3) is 0.200. The van der Waals surface area contributed by atoms with E-state index < -0.39 is 17.2 Å². The molecule has 0 aliphatic heterocycles. The van der Waals surface area contributed by atoms with Crippen molar-refractivity contribution in [2.24, 2.45) is 0 Å². The summed E-state index contributed by atoms with van der Waals surface area (Å²) in [6, 6.07) is 21.1. The van der Waals surface area contributed by atoms with E-state index in [-0.39, 0.29) is 19.0 Å². The average molecular weight is 470 g/mol. The van der Waals surface area contributed by atoms with E-state index in [0.717, 1.165) is 0 Å². The molecule has 0 fully saturated rings. The lowest BCUT2D eigenvalue weighted by atomic mass is 10.1. The second kappa shape index (κ2) is 11.9. The Hall–Kier alpha value is -3.58. The lowest BCUT2D eigenvalue weighted by Gasteiger charge is -2.24. The van der Waals surface area contributed by atoms with Crippen LogP contribution in [0, 0.1) is 5.82 Å². The molecule has 0 aliphatic rings. The first-order valence-electron chi connectivity index (χ1n) is 10.5. The third kappa shape index (κ3) is 6.95. The number of alkyl halides is 1. The van der Waals surface area contributed by atoms with E-state index >= 15 is 0 Å². The minimum Gasteiger partial charge on any atom is -0.494 e. The standard InChI is InChI=1S/C25H25ClFN3O3/c1-2-33-22-14-10-20(11-15-22)29-25(32)30(21-12-8-19(27)9-13-21)17-16-28-24(31)23(26)18-6-4-3-5-7-18/h3-15,23H,2,16-17H2,1H3,(H,28,31)(H,29,32). The molecular weight excluding hydrogens is 445 g/mol. The summed E-state index contributed by atoms with van der Waals surface area (Å²) in [5.41, 5.74) is 1.74. The van der Waals surface area contributed by atoms with Gasteiger partial charge in [0.1, 0.15) is 16.9 Å². The quantitative estimate of drug-likeness (QED) is 0.414. The Morgan fingerprint density at radius 3 is 2.30 bits per heavy atom. The number of hydrogen-bond donors (Lipinski definition) is 2. The Kier molecular flexibility index (Phi) is 8.66. The maximum absolute atomic E-state index is 13.4. The van der Waals surface area contributed by atoms with Crippen molar-refractivity contribution in [2.45, 2.75) is 12.3 Å². The van der Waals surface area contributed by atoms with E-state index in [0.29, 0.717) is 29.3 Å². The summed E-state index contributed by atoms with van der Waals surface area (Å²) < 4.78 is 18.8. The molecule has 0 aromatic heterocycles. The summed E-state index contributed by atoms with van der Waals surface area (Å²) in [6.07, 6.45) is 0. The van der Waals surface area contributed by atoms with Gasteiger partial charge in [-0.05, 0) is 61.0 Å². The number of halogens is 2. The van der Waals surface area contributed by atoms with Crippen LogP contribution in [-0.4, -0.2) is 31.6 Å². The number of nitrogens with zero attached hydrogens (tertiary/aromatic N) is 1. The van der Waals surface area contributed by atoms with Gasteiger partial charge >= 0.3 is 6.03 Å². The smallest absolute Gasteiger partial charge is 0.326 e. The number of anilines is 2. The Morgan fingerprint density at radius 1 is 1.00 bits per heavy atom. The average Bonchev–Trinajstić information content (AvgIpc) is 2.84. The second-order valence-electron chi connectivity index (χ2n) is 7.08. The van der Waals surface area contributed by atoms with Crippen LogP contribution in [0.4, 0.5) is 20.6 Å². The molecule has 0 saturated carbocycles. The summed E-state index contributed by atoms with van der Waals surface area (Å²) in [5.74, 6) is -0.0803. The molecule has 172 valence electrons. The molecule has 3 rings (SSSR count). The highest BCUT2D eigenvalue weighted by Gasteiger charge is 2.19. The molecular formula is C25H25ClFN3O3. The van der Waals surface area contributed by atoms with Crippen LogP contribution < -0.4 is 20.3 Å². The normalized spacial score (nSPS) is 11.4. The molecule has 0 radical (unpaired) electrons. The minimum absolute atomic E-state index is 0.151. The van der Waals surface area contributed by atoms with Gasteiger partial charge in [0.15, 0.2) is 0 Å². The molecule has 3 amide bonds. The van der Waals surface area contributed by atoms with E-state index in [1.54, 1.807) is 48.5 Å². The van der Waals surface area contributed by atoms with Gasteiger partial charge in [-0.1, -0.05) is 30.3 Å². The number of benzene rings is 3. The van der Waals surface area contributed by atoms with E-state index in [1.807, 2.05) is 13.0 Å². The predicted molar refractivity (Wildman–Crippen MR) is 128 cm³/mol. The molecule has 0 heterocycles. The zero-order chi connectivity index (χ0) is 23.6. The first-order valence-corrected chi connectivity index (χ1v) is 10.9. The van der Waals surface area contributed by atoms with Crippen LogP contribution in [0.2, 0.25) is 0 Å². The molecule has 0 aliphatic carbocycles. The van der Waals surface area contributed by atoms with Crippen molar-refractivity contribution in [3.63, 3.8) is 0 Å². The zero-order valence-electron chi connectivity index (χ0n) is 18.1. The molecule has 3 aromatic carbocycles. The summed E-state index contributed by atoms with van der Waals surface area (Å²) in [4.78, 5) is 26.8. The predicted octanol–water partition coefficient (Wildman–Crippen LogP) is 5.36. The topological polar surface area (TPSA) is 70.7 Å². The SMILES string of the molecule is CCOc1ccc(NC(=O)N(CCNC(=O)C(Cl)c2ccccc2)c2ccc(F)cc2)cc1. The maximum atomic E-state index is 13.4. The van der Waals surface area contributed by atoms with E-state index in [1.165, 1.54) is 29.2 Å². The van der Waals surface area contributed by atoms with Crippen molar-refractivity contribution in [3.8, 4) is 5.75 Å². The third-order valence-corrected chi connectivity index (χ3v) is 5.21.